The molecule has 0 radical (unpaired) electrons. The number of benzene rings is 1. The summed E-state index contributed by atoms with van der Waals surface area (Å²) in [5.74, 6) is -0.0786. The second kappa shape index (κ2) is 9.23. The van der Waals surface area contributed by atoms with Crippen LogP contribution in [0.2, 0.25) is 0 Å². The quantitative estimate of drug-likeness (QED) is 0.686. The van der Waals surface area contributed by atoms with E-state index in [9.17, 15) is 26.4 Å². The van der Waals surface area contributed by atoms with Crippen molar-refractivity contribution in [3.8, 4) is 0 Å². The maximum atomic E-state index is 12.9. The van der Waals surface area contributed by atoms with Gasteiger partial charge in [0.2, 0.25) is 10.0 Å². The number of rotatable bonds is 7. The predicted molar refractivity (Wildman–Crippen MR) is 98.3 cm³/mol. The number of hydrogen-bond donors (Lipinski definition) is 2. The van der Waals surface area contributed by atoms with Gasteiger partial charge < -0.3 is 10.2 Å². The minimum absolute atomic E-state index is 0.0786. The number of quaternary nitrogens is 1. The van der Waals surface area contributed by atoms with E-state index in [1.54, 1.807) is 0 Å². The minimum atomic E-state index is -4.60. The van der Waals surface area contributed by atoms with Gasteiger partial charge in [-0.15, -0.1) is 0 Å². The Hall–Kier alpha value is -1.65. The number of sulfonamides is 1. The maximum Gasteiger partial charge on any atom is 0.416 e. The number of nitrogens with one attached hydrogen (secondary N) is 2. The Balaban J connectivity index is 1.96. The van der Waals surface area contributed by atoms with Crippen LogP contribution in [0.1, 0.15) is 32.3 Å². The first-order valence-corrected chi connectivity index (χ1v) is 10.8. The molecule has 158 valence electrons. The molecule has 1 aromatic carbocycles. The van der Waals surface area contributed by atoms with E-state index in [4.69, 9.17) is 0 Å². The van der Waals surface area contributed by atoms with Gasteiger partial charge in [0.25, 0.3) is 5.91 Å². The largest absolute Gasteiger partial charge is 0.416 e. The van der Waals surface area contributed by atoms with Gasteiger partial charge in [0.05, 0.1) is 36.6 Å². The van der Waals surface area contributed by atoms with Crippen molar-refractivity contribution in [1.29, 1.82) is 0 Å². The Morgan fingerprint density at radius 3 is 2.50 bits per heavy atom. The molecule has 1 aromatic rings. The highest BCUT2D eigenvalue weighted by molar-refractivity contribution is 7.89. The summed E-state index contributed by atoms with van der Waals surface area (Å²) in [6, 6.07) is 3.88. The van der Waals surface area contributed by atoms with Gasteiger partial charge in [-0.05, 0) is 31.5 Å². The predicted octanol–water partition coefficient (Wildman–Crippen LogP) is 0.899. The van der Waals surface area contributed by atoms with E-state index in [2.05, 4.69) is 5.32 Å². The third kappa shape index (κ3) is 5.92. The van der Waals surface area contributed by atoms with Gasteiger partial charge in [0, 0.05) is 6.04 Å². The zero-order valence-corrected chi connectivity index (χ0v) is 16.9. The fraction of sp³-hybridized carbons (Fsp3) is 0.611. The van der Waals surface area contributed by atoms with Crippen LogP contribution in [0.15, 0.2) is 29.2 Å². The van der Waals surface area contributed by atoms with Crippen molar-refractivity contribution in [1.82, 2.24) is 9.62 Å². The smallest absolute Gasteiger partial charge is 0.349 e. The van der Waals surface area contributed by atoms with Crippen LogP contribution in [0.25, 0.3) is 0 Å². The molecule has 1 aliphatic rings. The molecule has 1 heterocycles. The monoisotopic (exact) mass is 422 g/mol. The molecular formula is C18H27F3N3O3S+. The van der Waals surface area contributed by atoms with Crippen LogP contribution in [-0.4, -0.2) is 57.4 Å². The molecule has 0 spiro atoms. The van der Waals surface area contributed by atoms with Crippen molar-refractivity contribution in [2.45, 2.75) is 43.8 Å². The van der Waals surface area contributed by atoms with E-state index >= 15 is 0 Å². The summed E-state index contributed by atoms with van der Waals surface area (Å²) in [4.78, 5) is 12.6. The molecule has 1 saturated heterocycles. The van der Waals surface area contributed by atoms with Crippen LogP contribution in [0.3, 0.4) is 0 Å². The van der Waals surface area contributed by atoms with Gasteiger partial charge in [-0.2, -0.15) is 17.5 Å². The van der Waals surface area contributed by atoms with Gasteiger partial charge in [0.15, 0.2) is 6.54 Å². The van der Waals surface area contributed by atoms with Crippen molar-refractivity contribution in [2.75, 3.05) is 32.7 Å². The molecule has 2 rings (SSSR count). The SMILES string of the molecule is CCC[C@@H](C)NC(=O)C[NH+]1CCN(S(=O)(=O)c2cccc(C(F)(F)F)c2)CC1. The summed E-state index contributed by atoms with van der Waals surface area (Å²) < 4.78 is 65.1. The molecular weight excluding hydrogens is 395 g/mol. The van der Waals surface area contributed by atoms with Crippen LogP contribution in [-0.2, 0) is 21.0 Å². The highest BCUT2D eigenvalue weighted by Crippen LogP contribution is 2.31. The normalized spacial score (nSPS) is 18.0. The number of nitrogens with zero attached hydrogens (tertiary/aromatic N) is 1. The highest BCUT2D eigenvalue weighted by Gasteiger charge is 2.35. The first-order valence-electron chi connectivity index (χ1n) is 9.34. The number of hydrogen-bond acceptors (Lipinski definition) is 3. The topological polar surface area (TPSA) is 70.9 Å². The van der Waals surface area contributed by atoms with E-state index in [1.165, 1.54) is 10.4 Å². The van der Waals surface area contributed by atoms with Gasteiger partial charge in [0.1, 0.15) is 0 Å². The number of alkyl halides is 3. The van der Waals surface area contributed by atoms with Crippen molar-refractivity contribution < 1.29 is 31.3 Å². The lowest BCUT2D eigenvalue weighted by Crippen LogP contribution is -3.15. The van der Waals surface area contributed by atoms with Crippen LogP contribution in [0.4, 0.5) is 13.2 Å². The molecule has 10 heteroatoms. The molecule has 1 amide bonds. The fourth-order valence-corrected chi connectivity index (χ4v) is 4.75. The molecule has 0 bridgehead atoms. The average molecular weight is 422 g/mol. The molecule has 6 nitrogen and oxygen atoms in total. The number of carbonyl (C=O) groups is 1. The summed E-state index contributed by atoms with van der Waals surface area (Å²) >= 11 is 0. The molecule has 1 fully saturated rings. The number of piperazine rings is 1. The Bertz CT molecular complexity index is 776. The number of carbonyl (C=O) groups excluding carboxylic acids is 1. The molecule has 0 aliphatic carbocycles. The van der Waals surface area contributed by atoms with Crippen LogP contribution >= 0.6 is 0 Å². The zero-order valence-electron chi connectivity index (χ0n) is 16.1. The summed E-state index contributed by atoms with van der Waals surface area (Å²) in [6.07, 6.45) is -2.74. The Morgan fingerprint density at radius 2 is 1.93 bits per heavy atom. The second-order valence-electron chi connectivity index (χ2n) is 7.11. The first kappa shape index (κ1) is 22.6. The van der Waals surface area contributed by atoms with Crippen LogP contribution in [0.5, 0.6) is 0 Å². The molecule has 2 N–H and O–H groups in total. The fourth-order valence-electron chi connectivity index (χ4n) is 3.26. The van der Waals surface area contributed by atoms with E-state index in [-0.39, 0.29) is 36.5 Å². The Morgan fingerprint density at radius 1 is 1.29 bits per heavy atom. The molecule has 0 saturated carbocycles. The second-order valence-corrected chi connectivity index (χ2v) is 9.05. The van der Waals surface area contributed by atoms with Gasteiger partial charge >= 0.3 is 6.18 Å². The summed E-state index contributed by atoms with van der Waals surface area (Å²) in [5, 5.41) is 2.92. The third-order valence-electron chi connectivity index (χ3n) is 4.77. The average Bonchev–Trinajstić information content (AvgIpc) is 2.61. The third-order valence-corrected chi connectivity index (χ3v) is 6.66. The van der Waals surface area contributed by atoms with Crippen LogP contribution < -0.4 is 10.2 Å². The van der Waals surface area contributed by atoms with Gasteiger partial charge in [-0.1, -0.05) is 19.4 Å². The van der Waals surface area contributed by atoms with E-state index < -0.39 is 21.8 Å². The van der Waals surface area contributed by atoms with Crippen LogP contribution in [0, 0.1) is 0 Å². The van der Waals surface area contributed by atoms with Gasteiger partial charge in [-0.3, -0.25) is 4.79 Å². The maximum absolute atomic E-state index is 12.9. The molecule has 1 atom stereocenters. The zero-order chi connectivity index (χ0) is 20.9. The van der Waals surface area contributed by atoms with E-state index in [1.807, 2.05) is 13.8 Å². The first-order chi connectivity index (χ1) is 13.0. The van der Waals surface area contributed by atoms with Crippen molar-refractivity contribution >= 4 is 15.9 Å². The lowest BCUT2D eigenvalue weighted by atomic mass is 10.2. The number of halogens is 3. The van der Waals surface area contributed by atoms with Crippen molar-refractivity contribution in [2.24, 2.45) is 0 Å². The van der Waals surface area contributed by atoms with E-state index in [0.717, 1.165) is 29.9 Å². The summed E-state index contributed by atoms with van der Waals surface area (Å²) in [7, 11) is -4.00. The van der Waals surface area contributed by atoms with Crippen molar-refractivity contribution in [3.63, 3.8) is 0 Å². The standard InChI is InChI=1S/C18H26F3N3O3S/c1-3-5-14(2)22-17(25)13-23-8-10-24(11-9-23)28(26,27)16-7-4-6-15(12-16)18(19,20)21/h4,6-7,12,14H,3,5,8-11,13H2,1-2H3,(H,22,25)/p+1/t14-/m1/s1. The Labute approximate surface area is 163 Å². The minimum Gasteiger partial charge on any atom is -0.349 e. The van der Waals surface area contributed by atoms with Gasteiger partial charge in [-0.25, -0.2) is 8.42 Å². The summed E-state index contributed by atoms with van der Waals surface area (Å²) in [5.41, 5.74) is -0.990. The Kier molecular flexibility index (Phi) is 7.46. The lowest BCUT2D eigenvalue weighted by Gasteiger charge is -2.31. The molecule has 0 unspecified atom stereocenters. The van der Waals surface area contributed by atoms with Crippen molar-refractivity contribution in [3.05, 3.63) is 29.8 Å². The summed E-state index contributed by atoms with van der Waals surface area (Å²) in [6.45, 7) is 5.40. The molecule has 28 heavy (non-hydrogen) atoms. The highest BCUT2D eigenvalue weighted by atomic mass is 32.2. The molecule has 0 aromatic heterocycles. The van der Waals surface area contributed by atoms with E-state index in [0.29, 0.717) is 19.2 Å². The molecule has 1 aliphatic heterocycles. The lowest BCUT2D eigenvalue weighted by molar-refractivity contribution is -0.895. The number of amides is 1.